The second kappa shape index (κ2) is 6.80. The summed E-state index contributed by atoms with van der Waals surface area (Å²) in [5.41, 5.74) is 2.38. The van der Waals surface area contributed by atoms with Gasteiger partial charge in [-0.25, -0.2) is 0 Å². The Morgan fingerprint density at radius 3 is 2.41 bits per heavy atom. The van der Waals surface area contributed by atoms with Crippen LogP contribution in [0.4, 0.5) is 5.69 Å². The first-order valence-electron chi connectivity index (χ1n) is 7.04. The van der Waals surface area contributed by atoms with Gasteiger partial charge in [0.25, 0.3) is 5.69 Å². The highest BCUT2D eigenvalue weighted by Gasteiger charge is 2.09. The van der Waals surface area contributed by atoms with Crippen LogP contribution in [0.25, 0.3) is 6.08 Å². The first kappa shape index (κ1) is 15.6. The molecule has 2 aromatic carbocycles. The molecule has 0 saturated carbocycles. The molecule has 22 heavy (non-hydrogen) atoms. The van der Waals surface area contributed by atoms with Crippen molar-refractivity contribution in [3.05, 3.63) is 81.4 Å². The SMILES string of the molecule is CC(C)c1ccc(C=CC(=O)c2cccc([N+](=O)[O-])c2)cc1. The summed E-state index contributed by atoms with van der Waals surface area (Å²) in [6.07, 6.45) is 3.15. The summed E-state index contributed by atoms with van der Waals surface area (Å²) in [6.45, 7) is 4.24. The van der Waals surface area contributed by atoms with Crippen LogP contribution in [0.5, 0.6) is 0 Å². The lowest BCUT2D eigenvalue weighted by Gasteiger charge is -2.04. The van der Waals surface area contributed by atoms with E-state index < -0.39 is 4.92 Å². The number of non-ortho nitro benzene ring substituents is 1. The Labute approximate surface area is 129 Å². The van der Waals surface area contributed by atoms with Crippen LogP contribution < -0.4 is 0 Å². The van der Waals surface area contributed by atoms with Crippen LogP contribution in [0.2, 0.25) is 0 Å². The highest BCUT2D eigenvalue weighted by molar-refractivity contribution is 6.07. The zero-order valence-electron chi connectivity index (χ0n) is 12.5. The number of allylic oxidation sites excluding steroid dienone is 1. The number of hydrogen-bond acceptors (Lipinski definition) is 3. The summed E-state index contributed by atoms with van der Waals surface area (Å²) in [5.74, 6) is 0.209. The van der Waals surface area contributed by atoms with E-state index in [-0.39, 0.29) is 11.5 Å². The summed E-state index contributed by atoms with van der Waals surface area (Å²) in [6, 6.07) is 13.7. The van der Waals surface area contributed by atoms with Crippen molar-refractivity contribution in [1.29, 1.82) is 0 Å². The van der Waals surface area contributed by atoms with Gasteiger partial charge in [-0.1, -0.05) is 56.3 Å². The second-order valence-corrected chi connectivity index (χ2v) is 5.33. The number of rotatable bonds is 5. The number of nitro groups is 1. The van der Waals surface area contributed by atoms with Crippen molar-refractivity contribution in [1.82, 2.24) is 0 Å². The fourth-order valence-electron chi connectivity index (χ4n) is 2.03. The lowest BCUT2D eigenvalue weighted by atomic mass is 10.0. The molecular weight excluding hydrogens is 278 g/mol. The monoisotopic (exact) mass is 295 g/mol. The van der Waals surface area contributed by atoms with E-state index in [0.717, 1.165) is 5.56 Å². The summed E-state index contributed by atoms with van der Waals surface area (Å²) < 4.78 is 0. The van der Waals surface area contributed by atoms with E-state index >= 15 is 0 Å². The summed E-state index contributed by atoms with van der Waals surface area (Å²) in [7, 11) is 0. The Bertz CT molecular complexity index is 715. The van der Waals surface area contributed by atoms with Gasteiger partial charge in [0.05, 0.1) is 4.92 Å². The molecule has 0 unspecified atom stereocenters. The molecule has 2 rings (SSSR count). The topological polar surface area (TPSA) is 60.2 Å². The number of ketones is 1. The lowest BCUT2D eigenvalue weighted by molar-refractivity contribution is -0.384. The Kier molecular flexibility index (Phi) is 4.84. The van der Waals surface area contributed by atoms with E-state index in [9.17, 15) is 14.9 Å². The fraction of sp³-hybridized carbons (Fsp3) is 0.167. The van der Waals surface area contributed by atoms with Gasteiger partial charge in [-0.15, -0.1) is 0 Å². The highest BCUT2D eigenvalue weighted by atomic mass is 16.6. The Balaban J connectivity index is 2.14. The van der Waals surface area contributed by atoms with Gasteiger partial charge in [0.1, 0.15) is 0 Å². The predicted molar refractivity (Wildman–Crippen MR) is 87.0 cm³/mol. The van der Waals surface area contributed by atoms with Crippen LogP contribution in [0, 0.1) is 10.1 Å². The summed E-state index contributed by atoms with van der Waals surface area (Å²) in [4.78, 5) is 22.3. The zero-order valence-corrected chi connectivity index (χ0v) is 12.5. The van der Waals surface area contributed by atoms with Gasteiger partial charge in [0, 0.05) is 17.7 Å². The van der Waals surface area contributed by atoms with Crippen molar-refractivity contribution in [2.45, 2.75) is 19.8 Å². The number of nitro benzene ring substituents is 1. The fourth-order valence-corrected chi connectivity index (χ4v) is 2.03. The van der Waals surface area contributed by atoms with Crippen LogP contribution in [0.15, 0.2) is 54.6 Å². The molecule has 0 atom stereocenters. The molecule has 0 aromatic heterocycles. The molecule has 0 bridgehead atoms. The van der Waals surface area contributed by atoms with Gasteiger partial charge in [0.15, 0.2) is 5.78 Å². The molecule has 0 aliphatic rings. The Hall–Kier alpha value is -2.75. The van der Waals surface area contributed by atoms with Gasteiger partial charge >= 0.3 is 0 Å². The maximum atomic E-state index is 12.1. The van der Waals surface area contributed by atoms with E-state index in [4.69, 9.17) is 0 Å². The quantitative estimate of drug-likeness (QED) is 0.350. The normalized spacial score (nSPS) is 11.0. The summed E-state index contributed by atoms with van der Waals surface area (Å²) >= 11 is 0. The first-order chi connectivity index (χ1) is 10.5. The second-order valence-electron chi connectivity index (χ2n) is 5.33. The van der Waals surface area contributed by atoms with Gasteiger partial charge in [-0.05, 0) is 23.1 Å². The van der Waals surface area contributed by atoms with E-state index in [0.29, 0.717) is 11.5 Å². The Morgan fingerprint density at radius 2 is 1.82 bits per heavy atom. The van der Waals surface area contributed by atoms with Gasteiger partial charge in [-0.3, -0.25) is 14.9 Å². The van der Waals surface area contributed by atoms with Gasteiger partial charge < -0.3 is 0 Å². The first-order valence-corrected chi connectivity index (χ1v) is 7.04. The molecule has 0 N–H and O–H groups in total. The van der Waals surface area contributed by atoms with Crippen LogP contribution >= 0.6 is 0 Å². The smallest absolute Gasteiger partial charge is 0.270 e. The Morgan fingerprint density at radius 1 is 1.14 bits per heavy atom. The average molecular weight is 295 g/mol. The molecule has 0 fully saturated rings. The predicted octanol–water partition coefficient (Wildman–Crippen LogP) is 4.61. The van der Waals surface area contributed by atoms with Gasteiger partial charge in [0.2, 0.25) is 0 Å². The molecule has 0 aliphatic carbocycles. The minimum Gasteiger partial charge on any atom is -0.289 e. The standard InChI is InChI=1S/C18H17NO3/c1-13(2)15-9-6-14(7-10-15)8-11-18(20)16-4-3-5-17(12-16)19(21)22/h3-13H,1-2H3. The number of nitrogens with zero attached hydrogens (tertiary/aromatic N) is 1. The summed E-state index contributed by atoms with van der Waals surface area (Å²) in [5, 5.41) is 10.7. The van der Waals surface area contributed by atoms with E-state index in [1.54, 1.807) is 12.1 Å². The van der Waals surface area contributed by atoms with Crippen molar-refractivity contribution in [2.24, 2.45) is 0 Å². The molecule has 0 heterocycles. The van der Waals surface area contributed by atoms with E-state index in [2.05, 4.69) is 13.8 Å². The third kappa shape index (κ3) is 3.88. The number of hydrogen-bond donors (Lipinski definition) is 0. The molecule has 4 heteroatoms. The molecule has 0 amide bonds. The highest BCUT2D eigenvalue weighted by Crippen LogP contribution is 2.17. The molecule has 2 aromatic rings. The van der Waals surface area contributed by atoms with E-state index in [1.807, 2.05) is 24.3 Å². The number of carbonyl (C=O) groups is 1. The van der Waals surface area contributed by atoms with Crippen LogP contribution in [0.1, 0.15) is 41.3 Å². The third-order valence-corrected chi connectivity index (χ3v) is 3.37. The van der Waals surface area contributed by atoms with Gasteiger partial charge in [-0.2, -0.15) is 0 Å². The van der Waals surface area contributed by atoms with Crippen molar-refractivity contribution in [2.75, 3.05) is 0 Å². The maximum absolute atomic E-state index is 12.1. The van der Waals surface area contributed by atoms with Crippen LogP contribution in [0.3, 0.4) is 0 Å². The van der Waals surface area contributed by atoms with Crippen LogP contribution in [-0.2, 0) is 0 Å². The van der Waals surface area contributed by atoms with Crippen LogP contribution in [-0.4, -0.2) is 10.7 Å². The molecule has 0 saturated heterocycles. The van der Waals surface area contributed by atoms with Crippen molar-refractivity contribution < 1.29 is 9.72 Å². The number of carbonyl (C=O) groups excluding carboxylic acids is 1. The number of benzene rings is 2. The van der Waals surface area contributed by atoms with Crippen molar-refractivity contribution >= 4 is 17.5 Å². The molecule has 0 aliphatic heterocycles. The molecule has 4 nitrogen and oxygen atoms in total. The molecule has 0 radical (unpaired) electrons. The third-order valence-electron chi connectivity index (χ3n) is 3.37. The largest absolute Gasteiger partial charge is 0.289 e. The van der Waals surface area contributed by atoms with E-state index in [1.165, 1.54) is 29.8 Å². The zero-order chi connectivity index (χ0) is 16.1. The molecule has 112 valence electrons. The molecular formula is C18H17NO3. The molecule has 0 spiro atoms. The maximum Gasteiger partial charge on any atom is 0.270 e. The minimum absolute atomic E-state index is 0.0828. The van der Waals surface area contributed by atoms with Crippen molar-refractivity contribution in [3.63, 3.8) is 0 Å². The van der Waals surface area contributed by atoms with Crippen molar-refractivity contribution in [3.8, 4) is 0 Å². The minimum atomic E-state index is -0.509. The average Bonchev–Trinajstić information content (AvgIpc) is 2.53. The lowest BCUT2D eigenvalue weighted by Crippen LogP contribution is -1.96.